The van der Waals surface area contributed by atoms with Crippen molar-refractivity contribution in [3.8, 4) is 0 Å². The SMILES string of the molecule is O=C(Nc1cc(Cl)ccc1Cl)N1CCC[C@H](c2ccn[nH]2)C1. The number of urea groups is 1. The van der Waals surface area contributed by atoms with Gasteiger partial charge >= 0.3 is 6.03 Å². The monoisotopic (exact) mass is 338 g/mol. The van der Waals surface area contributed by atoms with Gasteiger partial charge in [0.25, 0.3) is 0 Å². The lowest BCUT2D eigenvalue weighted by molar-refractivity contribution is 0.192. The van der Waals surface area contributed by atoms with E-state index >= 15 is 0 Å². The summed E-state index contributed by atoms with van der Waals surface area (Å²) >= 11 is 12.0. The summed E-state index contributed by atoms with van der Waals surface area (Å²) < 4.78 is 0. The normalized spacial score (nSPS) is 18.3. The molecule has 22 heavy (non-hydrogen) atoms. The van der Waals surface area contributed by atoms with E-state index in [0.29, 0.717) is 22.3 Å². The number of nitrogens with zero attached hydrogens (tertiary/aromatic N) is 2. The number of halogens is 2. The topological polar surface area (TPSA) is 61.0 Å². The number of benzene rings is 1. The molecule has 1 aliphatic heterocycles. The highest BCUT2D eigenvalue weighted by Crippen LogP contribution is 2.28. The Hall–Kier alpha value is -1.72. The highest BCUT2D eigenvalue weighted by atomic mass is 35.5. The summed E-state index contributed by atoms with van der Waals surface area (Å²) in [5.41, 5.74) is 1.60. The largest absolute Gasteiger partial charge is 0.324 e. The van der Waals surface area contributed by atoms with E-state index in [1.54, 1.807) is 29.3 Å². The predicted octanol–water partition coefficient (Wildman–Crippen LogP) is 4.13. The van der Waals surface area contributed by atoms with Gasteiger partial charge in [-0.1, -0.05) is 23.2 Å². The van der Waals surface area contributed by atoms with Gasteiger partial charge in [0.2, 0.25) is 0 Å². The lowest BCUT2D eigenvalue weighted by atomic mass is 9.95. The van der Waals surface area contributed by atoms with Gasteiger partial charge in [-0.2, -0.15) is 5.10 Å². The molecular formula is C15H16Cl2N4O. The standard InChI is InChI=1S/C15H16Cl2N4O/c16-11-3-4-12(17)14(8-11)19-15(22)21-7-1-2-10(9-21)13-5-6-18-20-13/h3-6,8,10H,1-2,7,9H2,(H,18,20)(H,19,22)/t10-/m0/s1. The Kier molecular flexibility index (Phi) is 4.55. The molecule has 0 radical (unpaired) electrons. The summed E-state index contributed by atoms with van der Waals surface area (Å²) in [5.74, 6) is 0.289. The maximum absolute atomic E-state index is 12.4. The van der Waals surface area contributed by atoms with Crippen molar-refractivity contribution in [1.29, 1.82) is 0 Å². The van der Waals surface area contributed by atoms with E-state index in [-0.39, 0.29) is 11.9 Å². The fourth-order valence-corrected chi connectivity index (χ4v) is 3.03. The van der Waals surface area contributed by atoms with Crippen LogP contribution < -0.4 is 5.32 Å². The quantitative estimate of drug-likeness (QED) is 0.864. The van der Waals surface area contributed by atoms with Crippen LogP contribution >= 0.6 is 23.2 Å². The van der Waals surface area contributed by atoms with Crippen molar-refractivity contribution < 1.29 is 4.79 Å². The molecule has 1 aliphatic rings. The molecule has 1 aromatic carbocycles. The Labute approximate surface area is 138 Å². The first kappa shape index (κ1) is 15.2. The maximum Gasteiger partial charge on any atom is 0.321 e. The molecule has 0 bridgehead atoms. The van der Waals surface area contributed by atoms with E-state index in [9.17, 15) is 4.79 Å². The Morgan fingerprint density at radius 3 is 3.00 bits per heavy atom. The Morgan fingerprint density at radius 2 is 2.23 bits per heavy atom. The Morgan fingerprint density at radius 1 is 1.36 bits per heavy atom. The molecule has 7 heteroatoms. The minimum Gasteiger partial charge on any atom is -0.324 e. The summed E-state index contributed by atoms with van der Waals surface area (Å²) in [6.45, 7) is 1.39. The van der Waals surface area contributed by atoms with Crippen molar-refractivity contribution in [3.05, 3.63) is 46.2 Å². The number of anilines is 1. The number of rotatable bonds is 2. The summed E-state index contributed by atoms with van der Waals surface area (Å²) in [5, 5.41) is 10.8. The molecule has 1 atom stereocenters. The fraction of sp³-hybridized carbons (Fsp3) is 0.333. The summed E-state index contributed by atoms with van der Waals surface area (Å²) in [7, 11) is 0. The van der Waals surface area contributed by atoms with Crippen LogP contribution in [-0.2, 0) is 0 Å². The second kappa shape index (κ2) is 6.58. The zero-order chi connectivity index (χ0) is 15.5. The number of H-pyrrole nitrogens is 1. The number of piperidine rings is 1. The Balaban J connectivity index is 1.68. The average molecular weight is 339 g/mol. The molecule has 2 aromatic rings. The molecule has 5 nitrogen and oxygen atoms in total. The maximum atomic E-state index is 12.4. The molecule has 2 N–H and O–H groups in total. The number of nitrogens with one attached hydrogen (secondary N) is 2. The van der Waals surface area contributed by atoms with Crippen LogP contribution in [0.5, 0.6) is 0 Å². The van der Waals surface area contributed by atoms with Gasteiger partial charge in [-0.05, 0) is 37.1 Å². The minimum atomic E-state index is -0.159. The van der Waals surface area contributed by atoms with Crippen LogP contribution in [0.4, 0.5) is 10.5 Å². The van der Waals surface area contributed by atoms with Gasteiger partial charge in [-0.3, -0.25) is 5.10 Å². The number of hydrogen-bond donors (Lipinski definition) is 2. The minimum absolute atomic E-state index is 0.159. The number of hydrogen-bond acceptors (Lipinski definition) is 2. The molecule has 0 aliphatic carbocycles. The van der Waals surface area contributed by atoms with Crippen LogP contribution in [0, 0.1) is 0 Å². The molecule has 0 saturated carbocycles. The lowest BCUT2D eigenvalue weighted by Crippen LogP contribution is -2.41. The van der Waals surface area contributed by atoms with Crippen LogP contribution in [0.1, 0.15) is 24.5 Å². The second-order valence-corrected chi connectivity index (χ2v) is 6.20. The van der Waals surface area contributed by atoms with E-state index in [1.807, 2.05) is 6.07 Å². The van der Waals surface area contributed by atoms with Gasteiger partial charge in [0, 0.05) is 35.9 Å². The summed E-state index contributed by atoms with van der Waals surface area (Å²) in [6.07, 6.45) is 3.74. The lowest BCUT2D eigenvalue weighted by Gasteiger charge is -2.32. The van der Waals surface area contributed by atoms with Crippen molar-refractivity contribution in [2.75, 3.05) is 18.4 Å². The molecule has 2 amide bonds. The van der Waals surface area contributed by atoms with Gasteiger partial charge in [0.15, 0.2) is 0 Å². The fourth-order valence-electron chi connectivity index (χ4n) is 2.70. The van der Waals surface area contributed by atoms with Crippen LogP contribution in [0.15, 0.2) is 30.5 Å². The predicted molar refractivity (Wildman–Crippen MR) is 87.6 cm³/mol. The van der Waals surface area contributed by atoms with E-state index in [4.69, 9.17) is 23.2 Å². The smallest absolute Gasteiger partial charge is 0.321 e. The molecule has 3 rings (SSSR count). The van der Waals surface area contributed by atoms with Gasteiger partial charge in [-0.25, -0.2) is 4.79 Å². The summed E-state index contributed by atoms with van der Waals surface area (Å²) in [4.78, 5) is 14.2. The first-order chi connectivity index (χ1) is 10.6. The van der Waals surface area contributed by atoms with E-state index in [0.717, 1.165) is 25.1 Å². The molecule has 1 aromatic heterocycles. The first-order valence-corrected chi connectivity index (χ1v) is 7.89. The molecule has 0 spiro atoms. The Bertz CT molecular complexity index is 660. The number of likely N-dealkylation sites (tertiary alicyclic amines) is 1. The van der Waals surface area contributed by atoms with Crippen molar-refractivity contribution in [3.63, 3.8) is 0 Å². The van der Waals surface area contributed by atoms with Gasteiger partial charge in [0.05, 0.1) is 10.7 Å². The van der Waals surface area contributed by atoms with Crippen molar-refractivity contribution in [2.24, 2.45) is 0 Å². The molecule has 1 fully saturated rings. The van der Waals surface area contributed by atoms with Crippen LogP contribution in [0.25, 0.3) is 0 Å². The first-order valence-electron chi connectivity index (χ1n) is 7.14. The van der Waals surface area contributed by atoms with Gasteiger partial charge in [0.1, 0.15) is 0 Å². The second-order valence-electron chi connectivity index (χ2n) is 5.35. The van der Waals surface area contributed by atoms with Crippen molar-refractivity contribution in [1.82, 2.24) is 15.1 Å². The molecule has 1 saturated heterocycles. The van der Waals surface area contributed by atoms with E-state index in [1.165, 1.54) is 0 Å². The zero-order valence-corrected chi connectivity index (χ0v) is 13.4. The van der Waals surface area contributed by atoms with E-state index in [2.05, 4.69) is 15.5 Å². The van der Waals surface area contributed by atoms with Gasteiger partial charge < -0.3 is 10.2 Å². The number of aromatic nitrogens is 2. The van der Waals surface area contributed by atoms with Crippen molar-refractivity contribution >= 4 is 34.9 Å². The van der Waals surface area contributed by atoms with Crippen LogP contribution in [0.2, 0.25) is 10.0 Å². The molecule has 116 valence electrons. The van der Waals surface area contributed by atoms with Gasteiger partial charge in [-0.15, -0.1) is 0 Å². The number of aromatic amines is 1. The zero-order valence-electron chi connectivity index (χ0n) is 11.9. The molecular weight excluding hydrogens is 323 g/mol. The number of amides is 2. The van der Waals surface area contributed by atoms with Crippen LogP contribution in [-0.4, -0.2) is 34.2 Å². The third-order valence-corrected chi connectivity index (χ3v) is 4.41. The van der Waals surface area contributed by atoms with E-state index < -0.39 is 0 Å². The third-order valence-electron chi connectivity index (χ3n) is 3.84. The highest BCUT2D eigenvalue weighted by molar-refractivity contribution is 6.35. The van der Waals surface area contributed by atoms with Crippen LogP contribution in [0.3, 0.4) is 0 Å². The average Bonchev–Trinajstić information content (AvgIpc) is 3.05. The molecule has 0 unspecified atom stereocenters. The van der Waals surface area contributed by atoms with Crippen molar-refractivity contribution in [2.45, 2.75) is 18.8 Å². The number of carbonyl (C=O) groups excluding carboxylic acids is 1. The summed E-state index contributed by atoms with van der Waals surface area (Å²) in [6, 6.07) is 6.81. The number of carbonyl (C=O) groups is 1. The third kappa shape index (κ3) is 3.36. The molecule has 2 heterocycles. The highest BCUT2D eigenvalue weighted by Gasteiger charge is 2.25.